The second kappa shape index (κ2) is 7.66. The van der Waals surface area contributed by atoms with Crippen LogP contribution in [0.2, 0.25) is 0 Å². The smallest absolute Gasteiger partial charge is 0.191 e. The summed E-state index contributed by atoms with van der Waals surface area (Å²) in [5.41, 5.74) is 1.62. The highest BCUT2D eigenvalue weighted by Gasteiger charge is 2.16. The van der Waals surface area contributed by atoms with Gasteiger partial charge < -0.3 is 19.8 Å². The summed E-state index contributed by atoms with van der Waals surface area (Å²) in [5, 5.41) is 7.33. The zero-order valence-electron chi connectivity index (χ0n) is 14.2. The number of nitrogens with one attached hydrogen (secondary N) is 2. The Labute approximate surface area is 141 Å². The van der Waals surface area contributed by atoms with Crippen molar-refractivity contribution in [3.63, 3.8) is 0 Å². The maximum atomic E-state index is 13.4. The lowest BCUT2D eigenvalue weighted by Crippen LogP contribution is -2.41. The highest BCUT2D eigenvalue weighted by atomic mass is 19.1. The minimum Gasteiger partial charge on any atom is -0.459 e. The van der Waals surface area contributed by atoms with Gasteiger partial charge in [-0.1, -0.05) is 0 Å². The fourth-order valence-electron chi connectivity index (χ4n) is 2.90. The number of rotatable bonds is 5. The molecule has 24 heavy (non-hydrogen) atoms. The van der Waals surface area contributed by atoms with Crippen LogP contribution in [0.3, 0.4) is 0 Å². The fraction of sp³-hybridized carbons (Fsp3) is 0.500. The standard InChI is InChI=1S/C18H24FN3O2/c1-3-20-18(21-10-14-5-4-8-23-14)22-11-17-12(2)15-9-13(19)6-7-16(15)24-17/h6-7,9,14H,3-5,8,10-11H2,1-2H3,(H2,20,21,22). The predicted octanol–water partition coefficient (Wildman–Crippen LogP) is 3.11. The Hall–Kier alpha value is -2.08. The Kier molecular flexibility index (Phi) is 5.35. The van der Waals surface area contributed by atoms with Gasteiger partial charge in [0.2, 0.25) is 0 Å². The van der Waals surface area contributed by atoms with Crippen LogP contribution in [0.25, 0.3) is 11.0 Å². The van der Waals surface area contributed by atoms with Gasteiger partial charge in [-0.15, -0.1) is 0 Å². The number of aryl methyl sites for hydroxylation is 1. The second-order valence-corrected chi connectivity index (χ2v) is 6.00. The van der Waals surface area contributed by atoms with E-state index in [1.807, 2.05) is 13.8 Å². The van der Waals surface area contributed by atoms with Crippen molar-refractivity contribution < 1.29 is 13.5 Å². The van der Waals surface area contributed by atoms with Crippen molar-refractivity contribution in [2.75, 3.05) is 19.7 Å². The molecule has 2 heterocycles. The number of ether oxygens (including phenoxy) is 1. The molecule has 1 aliphatic heterocycles. The summed E-state index contributed by atoms with van der Waals surface area (Å²) in [6.45, 7) is 6.73. The third-order valence-electron chi connectivity index (χ3n) is 4.24. The highest BCUT2D eigenvalue weighted by molar-refractivity contribution is 5.82. The minimum absolute atomic E-state index is 0.254. The van der Waals surface area contributed by atoms with Crippen molar-refractivity contribution in [1.82, 2.24) is 10.6 Å². The molecule has 0 spiro atoms. The zero-order valence-corrected chi connectivity index (χ0v) is 14.2. The van der Waals surface area contributed by atoms with Crippen LogP contribution >= 0.6 is 0 Å². The van der Waals surface area contributed by atoms with Gasteiger partial charge in [0.15, 0.2) is 5.96 Å². The van der Waals surface area contributed by atoms with Crippen LogP contribution in [-0.4, -0.2) is 31.8 Å². The molecule has 1 unspecified atom stereocenters. The Bertz CT molecular complexity index is 720. The van der Waals surface area contributed by atoms with E-state index in [1.54, 1.807) is 6.07 Å². The lowest BCUT2D eigenvalue weighted by atomic mass is 10.1. The van der Waals surface area contributed by atoms with Gasteiger partial charge in [-0.05, 0) is 44.9 Å². The summed E-state index contributed by atoms with van der Waals surface area (Å²) in [4.78, 5) is 4.57. The molecule has 0 saturated carbocycles. The number of guanidine groups is 1. The fourth-order valence-corrected chi connectivity index (χ4v) is 2.90. The molecule has 3 rings (SSSR count). The molecule has 1 aliphatic rings. The van der Waals surface area contributed by atoms with Crippen LogP contribution in [0, 0.1) is 12.7 Å². The number of fused-ring (bicyclic) bond motifs is 1. The van der Waals surface area contributed by atoms with E-state index < -0.39 is 0 Å². The Morgan fingerprint density at radius 1 is 1.38 bits per heavy atom. The van der Waals surface area contributed by atoms with Crippen molar-refractivity contribution in [3.05, 3.63) is 35.3 Å². The zero-order chi connectivity index (χ0) is 16.9. The van der Waals surface area contributed by atoms with Crippen LogP contribution in [0.4, 0.5) is 4.39 Å². The Morgan fingerprint density at radius 3 is 3.00 bits per heavy atom. The van der Waals surface area contributed by atoms with Crippen LogP contribution in [-0.2, 0) is 11.3 Å². The van der Waals surface area contributed by atoms with E-state index >= 15 is 0 Å². The molecular weight excluding hydrogens is 309 g/mol. The SMILES string of the molecule is CCNC(=NCc1oc2ccc(F)cc2c1C)NCC1CCCO1. The summed E-state index contributed by atoms with van der Waals surface area (Å²) >= 11 is 0. The lowest BCUT2D eigenvalue weighted by molar-refractivity contribution is 0.114. The third kappa shape index (κ3) is 3.87. The summed E-state index contributed by atoms with van der Waals surface area (Å²) in [5.74, 6) is 1.23. The van der Waals surface area contributed by atoms with Gasteiger partial charge in [0.25, 0.3) is 0 Å². The molecule has 1 atom stereocenters. The third-order valence-corrected chi connectivity index (χ3v) is 4.24. The second-order valence-electron chi connectivity index (χ2n) is 6.00. The van der Waals surface area contributed by atoms with Crippen LogP contribution < -0.4 is 10.6 Å². The summed E-state index contributed by atoms with van der Waals surface area (Å²) in [7, 11) is 0. The van der Waals surface area contributed by atoms with Crippen molar-refractivity contribution in [3.8, 4) is 0 Å². The molecule has 0 bridgehead atoms. The summed E-state index contributed by atoms with van der Waals surface area (Å²) in [6.07, 6.45) is 2.46. The molecule has 2 aromatic rings. The summed E-state index contributed by atoms with van der Waals surface area (Å²) in [6, 6.07) is 4.57. The Balaban J connectivity index is 1.69. The molecule has 130 valence electrons. The van der Waals surface area contributed by atoms with Crippen molar-refractivity contribution in [2.45, 2.75) is 39.3 Å². The maximum absolute atomic E-state index is 13.4. The molecule has 0 radical (unpaired) electrons. The quantitative estimate of drug-likeness (QED) is 0.652. The molecule has 1 aromatic heterocycles. The van der Waals surface area contributed by atoms with E-state index in [9.17, 15) is 4.39 Å². The van der Waals surface area contributed by atoms with Gasteiger partial charge in [0.1, 0.15) is 23.7 Å². The molecule has 0 aliphatic carbocycles. The molecule has 6 heteroatoms. The van der Waals surface area contributed by atoms with Crippen LogP contribution in [0.1, 0.15) is 31.1 Å². The predicted molar refractivity (Wildman–Crippen MR) is 92.7 cm³/mol. The number of benzene rings is 1. The molecule has 1 aromatic carbocycles. The van der Waals surface area contributed by atoms with Crippen molar-refractivity contribution in [1.29, 1.82) is 0 Å². The van der Waals surface area contributed by atoms with E-state index in [4.69, 9.17) is 9.15 Å². The van der Waals surface area contributed by atoms with Crippen LogP contribution in [0.5, 0.6) is 0 Å². The molecule has 1 saturated heterocycles. The number of aliphatic imine (C=N–C) groups is 1. The van der Waals surface area contributed by atoms with Gasteiger partial charge in [-0.25, -0.2) is 9.38 Å². The molecule has 2 N–H and O–H groups in total. The highest BCUT2D eigenvalue weighted by Crippen LogP contribution is 2.26. The molecule has 1 fully saturated rings. The number of halogens is 1. The largest absolute Gasteiger partial charge is 0.459 e. The number of nitrogens with zero attached hydrogens (tertiary/aromatic N) is 1. The van der Waals surface area contributed by atoms with Gasteiger partial charge in [0.05, 0.1) is 6.10 Å². The molecule has 0 amide bonds. The van der Waals surface area contributed by atoms with E-state index in [2.05, 4.69) is 15.6 Å². The maximum Gasteiger partial charge on any atom is 0.191 e. The number of hydrogen-bond acceptors (Lipinski definition) is 3. The first-order valence-electron chi connectivity index (χ1n) is 8.48. The minimum atomic E-state index is -0.256. The van der Waals surface area contributed by atoms with Gasteiger partial charge in [-0.2, -0.15) is 0 Å². The van der Waals surface area contributed by atoms with E-state index in [1.165, 1.54) is 12.1 Å². The first-order valence-corrected chi connectivity index (χ1v) is 8.48. The normalized spacial score (nSPS) is 18.3. The number of furan rings is 1. The molecule has 5 nitrogen and oxygen atoms in total. The topological polar surface area (TPSA) is 58.8 Å². The average molecular weight is 333 g/mol. The first-order chi connectivity index (χ1) is 11.7. The average Bonchev–Trinajstić information content (AvgIpc) is 3.19. The monoisotopic (exact) mass is 333 g/mol. The number of hydrogen-bond donors (Lipinski definition) is 2. The van der Waals surface area contributed by atoms with Crippen molar-refractivity contribution in [2.24, 2.45) is 4.99 Å². The molecular formula is C18H24FN3O2. The lowest BCUT2D eigenvalue weighted by Gasteiger charge is -2.14. The van der Waals surface area contributed by atoms with Gasteiger partial charge >= 0.3 is 0 Å². The first kappa shape index (κ1) is 16.8. The van der Waals surface area contributed by atoms with E-state index in [0.717, 1.165) is 55.2 Å². The van der Waals surface area contributed by atoms with E-state index in [-0.39, 0.29) is 11.9 Å². The summed E-state index contributed by atoms with van der Waals surface area (Å²) < 4.78 is 24.8. The van der Waals surface area contributed by atoms with E-state index in [0.29, 0.717) is 12.1 Å². The van der Waals surface area contributed by atoms with Crippen LogP contribution in [0.15, 0.2) is 27.6 Å². The Morgan fingerprint density at radius 2 is 2.25 bits per heavy atom. The van der Waals surface area contributed by atoms with Crippen molar-refractivity contribution >= 4 is 16.9 Å². The van der Waals surface area contributed by atoms with Gasteiger partial charge in [0, 0.05) is 30.6 Å². The van der Waals surface area contributed by atoms with Gasteiger partial charge in [-0.3, -0.25) is 0 Å².